The lowest BCUT2D eigenvalue weighted by Crippen LogP contribution is -2.33. The molecule has 0 atom stereocenters. The van der Waals surface area contributed by atoms with E-state index in [1.807, 2.05) is 13.1 Å². The maximum absolute atomic E-state index is 12.8. The summed E-state index contributed by atoms with van der Waals surface area (Å²) in [5.74, 6) is 0.408. The van der Waals surface area contributed by atoms with Crippen molar-refractivity contribution in [2.24, 2.45) is 0 Å². The Hall–Kier alpha value is -1.95. The van der Waals surface area contributed by atoms with E-state index in [9.17, 15) is 13.2 Å². The molecule has 0 N–H and O–H groups in total. The van der Waals surface area contributed by atoms with E-state index >= 15 is 0 Å². The van der Waals surface area contributed by atoms with E-state index in [1.54, 1.807) is 12.4 Å². The van der Waals surface area contributed by atoms with E-state index in [0.717, 1.165) is 43.3 Å². The van der Waals surface area contributed by atoms with Crippen LogP contribution in [0.5, 0.6) is 0 Å². The van der Waals surface area contributed by atoms with E-state index in [2.05, 4.69) is 14.9 Å². The molecule has 1 fully saturated rings. The van der Waals surface area contributed by atoms with E-state index < -0.39 is 11.7 Å². The van der Waals surface area contributed by atoms with Gasteiger partial charge in [-0.25, -0.2) is 9.97 Å². The van der Waals surface area contributed by atoms with Gasteiger partial charge in [0.1, 0.15) is 6.33 Å². The highest BCUT2D eigenvalue weighted by atomic mass is 19.4. The first-order valence-corrected chi connectivity index (χ1v) is 8.08. The third-order valence-electron chi connectivity index (χ3n) is 4.57. The van der Waals surface area contributed by atoms with Crippen molar-refractivity contribution in [3.63, 3.8) is 0 Å². The number of aryl methyl sites for hydroxylation is 1. The summed E-state index contributed by atoms with van der Waals surface area (Å²) in [4.78, 5) is 10.6. The van der Waals surface area contributed by atoms with Gasteiger partial charge in [-0.3, -0.25) is 4.90 Å². The summed E-state index contributed by atoms with van der Waals surface area (Å²) in [7, 11) is 0. The molecule has 0 unspecified atom stereocenters. The van der Waals surface area contributed by atoms with Crippen molar-refractivity contribution in [1.82, 2.24) is 14.9 Å². The molecule has 2 aromatic rings. The molecule has 0 radical (unpaired) electrons. The lowest BCUT2D eigenvalue weighted by molar-refractivity contribution is -0.137. The molecule has 0 aliphatic carbocycles. The highest BCUT2D eigenvalue weighted by Crippen LogP contribution is 2.31. The molecule has 3 rings (SSSR count). The Labute approximate surface area is 139 Å². The Morgan fingerprint density at radius 3 is 2.62 bits per heavy atom. The molecule has 24 heavy (non-hydrogen) atoms. The SMILES string of the molecule is Cc1cncnc1C1CCN(Cc2cccc(C(F)(F)F)c2)CC1. The summed E-state index contributed by atoms with van der Waals surface area (Å²) in [5.41, 5.74) is 2.34. The Morgan fingerprint density at radius 2 is 1.96 bits per heavy atom. The van der Waals surface area contributed by atoms with Gasteiger partial charge in [0.2, 0.25) is 0 Å². The number of likely N-dealkylation sites (tertiary alicyclic amines) is 1. The second-order valence-corrected chi connectivity index (χ2v) is 6.34. The minimum Gasteiger partial charge on any atom is -0.299 e. The summed E-state index contributed by atoms with van der Waals surface area (Å²) >= 11 is 0. The van der Waals surface area contributed by atoms with Gasteiger partial charge < -0.3 is 0 Å². The number of hydrogen-bond donors (Lipinski definition) is 0. The van der Waals surface area contributed by atoms with Gasteiger partial charge in [0.05, 0.1) is 5.56 Å². The second-order valence-electron chi connectivity index (χ2n) is 6.34. The summed E-state index contributed by atoms with van der Waals surface area (Å²) < 4.78 is 38.4. The van der Waals surface area contributed by atoms with E-state index in [-0.39, 0.29) is 0 Å². The molecule has 1 aliphatic rings. The number of alkyl halides is 3. The lowest BCUT2D eigenvalue weighted by Gasteiger charge is -2.32. The standard InChI is InChI=1S/C18H20F3N3/c1-13-10-22-12-23-17(13)15-5-7-24(8-6-15)11-14-3-2-4-16(9-14)18(19,20)21/h2-4,9-10,12,15H,5-8,11H2,1H3. The van der Waals surface area contributed by atoms with Crippen LogP contribution in [0, 0.1) is 6.92 Å². The molecule has 0 bridgehead atoms. The molecule has 0 spiro atoms. The molecular formula is C18H20F3N3. The van der Waals surface area contributed by atoms with Crippen molar-refractivity contribution in [1.29, 1.82) is 0 Å². The fraction of sp³-hybridized carbons (Fsp3) is 0.444. The van der Waals surface area contributed by atoms with Crippen LogP contribution in [0.3, 0.4) is 0 Å². The minimum absolute atomic E-state index is 0.408. The Kier molecular flexibility index (Phi) is 4.85. The maximum Gasteiger partial charge on any atom is 0.416 e. The van der Waals surface area contributed by atoms with Gasteiger partial charge in [-0.2, -0.15) is 13.2 Å². The van der Waals surface area contributed by atoms with Gasteiger partial charge in [0, 0.05) is 24.4 Å². The highest BCUT2D eigenvalue weighted by Gasteiger charge is 2.30. The van der Waals surface area contributed by atoms with Gasteiger partial charge >= 0.3 is 6.18 Å². The molecule has 3 nitrogen and oxygen atoms in total. The Bertz CT molecular complexity index is 692. The van der Waals surface area contributed by atoms with Crippen molar-refractivity contribution in [2.45, 2.75) is 38.4 Å². The van der Waals surface area contributed by atoms with Gasteiger partial charge in [-0.1, -0.05) is 18.2 Å². The monoisotopic (exact) mass is 335 g/mol. The number of nitrogens with zero attached hydrogens (tertiary/aromatic N) is 3. The van der Waals surface area contributed by atoms with Gasteiger partial charge in [-0.15, -0.1) is 0 Å². The zero-order valence-electron chi connectivity index (χ0n) is 13.6. The van der Waals surface area contributed by atoms with Crippen LogP contribution in [0.25, 0.3) is 0 Å². The summed E-state index contributed by atoms with van der Waals surface area (Å²) in [5, 5.41) is 0. The van der Waals surface area contributed by atoms with Crippen LogP contribution in [0.1, 0.15) is 41.1 Å². The van der Waals surface area contributed by atoms with Gasteiger partial charge in [-0.05, 0) is 50.0 Å². The number of piperidine rings is 1. The maximum atomic E-state index is 12.8. The summed E-state index contributed by atoms with van der Waals surface area (Å²) in [6.45, 7) is 4.30. The van der Waals surface area contributed by atoms with Crippen molar-refractivity contribution in [2.75, 3.05) is 13.1 Å². The first-order chi connectivity index (χ1) is 11.4. The summed E-state index contributed by atoms with van der Waals surface area (Å²) in [6, 6.07) is 5.61. The Morgan fingerprint density at radius 1 is 1.21 bits per heavy atom. The van der Waals surface area contributed by atoms with Crippen LogP contribution in [0.2, 0.25) is 0 Å². The normalized spacial score (nSPS) is 17.2. The largest absolute Gasteiger partial charge is 0.416 e. The smallest absolute Gasteiger partial charge is 0.299 e. The third-order valence-corrected chi connectivity index (χ3v) is 4.57. The third kappa shape index (κ3) is 3.93. The number of rotatable bonds is 3. The molecule has 128 valence electrons. The van der Waals surface area contributed by atoms with Gasteiger partial charge in [0.25, 0.3) is 0 Å². The molecule has 1 aliphatic heterocycles. The van der Waals surface area contributed by atoms with E-state index in [0.29, 0.717) is 18.0 Å². The van der Waals surface area contributed by atoms with Crippen molar-refractivity contribution < 1.29 is 13.2 Å². The molecule has 1 aromatic carbocycles. The molecule has 0 saturated carbocycles. The predicted octanol–water partition coefficient (Wildman–Crippen LogP) is 4.18. The van der Waals surface area contributed by atoms with Crippen molar-refractivity contribution in [3.05, 3.63) is 59.2 Å². The van der Waals surface area contributed by atoms with Crippen LogP contribution in [-0.4, -0.2) is 28.0 Å². The number of hydrogen-bond acceptors (Lipinski definition) is 3. The highest BCUT2D eigenvalue weighted by molar-refractivity contribution is 5.26. The lowest BCUT2D eigenvalue weighted by atomic mass is 9.91. The molecule has 2 heterocycles. The van der Waals surface area contributed by atoms with Crippen LogP contribution < -0.4 is 0 Å². The molecule has 6 heteroatoms. The number of benzene rings is 1. The minimum atomic E-state index is -4.28. The fourth-order valence-electron chi connectivity index (χ4n) is 3.30. The topological polar surface area (TPSA) is 29.0 Å². The van der Waals surface area contributed by atoms with E-state index in [1.165, 1.54) is 12.1 Å². The first kappa shape index (κ1) is 16.9. The average Bonchev–Trinajstić information content (AvgIpc) is 2.56. The quantitative estimate of drug-likeness (QED) is 0.842. The predicted molar refractivity (Wildman–Crippen MR) is 85.5 cm³/mol. The van der Waals surface area contributed by atoms with Crippen molar-refractivity contribution in [3.8, 4) is 0 Å². The Balaban J connectivity index is 1.61. The average molecular weight is 335 g/mol. The summed E-state index contributed by atoms with van der Waals surface area (Å²) in [6.07, 6.45) is 1.07. The zero-order valence-corrected chi connectivity index (χ0v) is 13.6. The molecule has 1 saturated heterocycles. The fourth-order valence-corrected chi connectivity index (χ4v) is 3.30. The molecule has 0 amide bonds. The second kappa shape index (κ2) is 6.89. The van der Waals surface area contributed by atoms with Crippen LogP contribution in [-0.2, 0) is 12.7 Å². The molecule has 1 aromatic heterocycles. The molecular weight excluding hydrogens is 315 g/mol. The van der Waals surface area contributed by atoms with Crippen LogP contribution in [0.4, 0.5) is 13.2 Å². The number of aromatic nitrogens is 2. The van der Waals surface area contributed by atoms with Crippen LogP contribution in [0.15, 0.2) is 36.8 Å². The van der Waals surface area contributed by atoms with Gasteiger partial charge in [0.15, 0.2) is 0 Å². The first-order valence-electron chi connectivity index (χ1n) is 8.08. The van der Waals surface area contributed by atoms with Crippen LogP contribution >= 0.6 is 0 Å². The van der Waals surface area contributed by atoms with E-state index in [4.69, 9.17) is 0 Å². The zero-order chi connectivity index (χ0) is 17.2. The van der Waals surface area contributed by atoms with Crippen molar-refractivity contribution >= 4 is 0 Å². The number of halogens is 3.